The summed E-state index contributed by atoms with van der Waals surface area (Å²) in [6.07, 6.45) is 4.91. The van der Waals surface area contributed by atoms with Crippen LogP contribution in [0.2, 0.25) is 0 Å². The molecule has 4 aromatic rings. The van der Waals surface area contributed by atoms with Gasteiger partial charge in [-0.2, -0.15) is 0 Å². The number of nitrogens with zero attached hydrogens (tertiary/aromatic N) is 2. The largest absolute Gasteiger partial charge is 0.439 e. The fraction of sp³-hybridized carbons (Fsp3) is 0.0417. The Hall–Kier alpha value is -3.84. The highest BCUT2D eigenvalue weighted by Gasteiger charge is 2.11. The van der Waals surface area contributed by atoms with Crippen molar-refractivity contribution in [2.45, 2.75) is 10.6 Å². The Morgan fingerprint density at radius 1 is 0.968 bits per heavy atom. The van der Waals surface area contributed by atoms with Gasteiger partial charge in [-0.25, -0.2) is 4.98 Å². The molecule has 0 aliphatic rings. The molecule has 1 amide bonds. The topological polar surface area (TPSA) is 90.1 Å². The normalized spacial score (nSPS) is 10.5. The Labute approximate surface area is 184 Å². The summed E-state index contributed by atoms with van der Waals surface area (Å²) in [6.45, 7) is 0. The third-order valence-electron chi connectivity index (χ3n) is 4.43. The second-order valence-electron chi connectivity index (χ2n) is 6.61. The van der Waals surface area contributed by atoms with E-state index in [-0.39, 0.29) is 5.91 Å². The molecule has 0 unspecified atom stereocenters. The molecule has 0 aliphatic heterocycles. The molecule has 154 valence electrons. The lowest BCUT2D eigenvalue weighted by molar-refractivity contribution is 0.102. The van der Waals surface area contributed by atoms with Gasteiger partial charge in [0, 0.05) is 46.7 Å². The smallest absolute Gasteiger partial charge is 0.257 e. The number of nitrogen functional groups attached to an aromatic ring is 1. The number of nitrogens with one attached hydrogen (secondary N) is 1. The number of ether oxygens (including phenoxy) is 1. The van der Waals surface area contributed by atoms with E-state index in [1.54, 1.807) is 42.4 Å². The van der Waals surface area contributed by atoms with Gasteiger partial charge >= 0.3 is 0 Å². The van der Waals surface area contributed by atoms with Crippen molar-refractivity contribution in [3.05, 3.63) is 103 Å². The number of amides is 1. The fourth-order valence-corrected chi connectivity index (χ4v) is 3.75. The van der Waals surface area contributed by atoms with Gasteiger partial charge in [-0.1, -0.05) is 36.4 Å². The summed E-state index contributed by atoms with van der Waals surface area (Å²) in [5, 5.41) is 2.97. The summed E-state index contributed by atoms with van der Waals surface area (Å²) in [6, 6.07) is 22.2. The lowest BCUT2D eigenvalue weighted by Crippen LogP contribution is -2.13. The van der Waals surface area contributed by atoms with Gasteiger partial charge in [0.05, 0.1) is 5.56 Å². The second kappa shape index (κ2) is 9.77. The molecule has 4 rings (SSSR count). The number of aromatic nitrogens is 2. The van der Waals surface area contributed by atoms with Crippen molar-refractivity contribution >= 4 is 29.0 Å². The first-order chi connectivity index (χ1) is 15.2. The zero-order chi connectivity index (χ0) is 21.5. The first-order valence-electron chi connectivity index (χ1n) is 9.59. The molecule has 0 spiro atoms. The average molecular weight is 429 g/mol. The van der Waals surface area contributed by atoms with E-state index in [2.05, 4.69) is 15.3 Å². The number of hydrogen-bond acceptors (Lipinski definition) is 6. The standard InChI is InChI=1S/C24H20N4O2S/c25-20-12-13-26-15-22(20)31-16-18-6-4-5-9-21(18)28-24(29)17-10-11-23(27-14-17)30-19-7-2-1-3-8-19/h1-15H,16H2,(H2,25,26)(H,28,29). The van der Waals surface area contributed by atoms with Crippen molar-refractivity contribution in [2.24, 2.45) is 0 Å². The van der Waals surface area contributed by atoms with Crippen molar-refractivity contribution in [1.82, 2.24) is 9.97 Å². The fourth-order valence-electron chi connectivity index (χ4n) is 2.81. The highest BCUT2D eigenvalue weighted by Crippen LogP contribution is 2.30. The Bertz CT molecular complexity index is 1170. The van der Waals surface area contributed by atoms with Gasteiger partial charge in [0.1, 0.15) is 5.75 Å². The van der Waals surface area contributed by atoms with Crippen LogP contribution in [0.3, 0.4) is 0 Å². The van der Waals surface area contributed by atoms with E-state index in [4.69, 9.17) is 10.5 Å². The summed E-state index contributed by atoms with van der Waals surface area (Å²) >= 11 is 1.57. The van der Waals surface area contributed by atoms with Crippen LogP contribution >= 0.6 is 11.8 Å². The van der Waals surface area contributed by atoms with Gasteiger partial charge in [-0.15, -0.1) is 11.8 Å². The van der Waals surface area contributed by atoms with Gasteiger partial charge in [-0.3, -0.25) is 9.78 Å². The number of benzene rings is 2. The van der Waals surface area contributed by atoms with E-state index >= 15 is 0 Å². The minimum Gasteiger partial charge on any atom is -0.439 e. The first kappa shape index (κ1) is 20.4. The van der Waals surface area contributed by atoms with Crippen molar-refractivity contribution < 1.29 is 9.53 Å². The Morgan fingerprint density at radius 3 is 2.55 bits per heavy atom. The molecule has 0 atom stereocenters. The van der Waals surface area contributed by atoms with Crippen LogP contribution in [0.4, 0.5) is 11.4 Å². The molecule has 0 saturated carbocycles. The SMILES string of the molecule is Nc1ccncc1SCc1ccccc1NC(=O)c1ccc(Oc2ccccc2)nc1. The number of hydrogen-bond donors (Lipinski definition) is 2. The van der Waals surface area contributed by atoms with Gasteiger partial charge in [0.15, 0.2) is 0 Å². The number of anilines is 2. The van der Waals surface area contributed by atoms with Gasteiger partial charge < -0.3 is 15.8 Å². The van der Waals surface area contributed by atoms with Crippen LogP contribution < -0.4 is 15.8 Å². The third-order valence-corrected chi connectivity index (χ3v) is 5.54. The van der Waals surface area contributed by atoms with Crippen LogP contribution in [0.25, 0.3) is 0 Å². The highest BCUT2D eigenvalue weighted by atomic mass is 32.2. The average Bonchev–Trinajstić information content (AvgIpc) is 2.80. The predicted molar refractivity (Wildman–Crippen MR) is 123 cm³/mol. The van der Waals surface area contributed by atoms with Gasteiger partial charge in [-0.05, 0) is 35.9 Å². The molecule has 0 aliphatic carbocycles. The molecule has 2 aromatic carbocycles. The lowest BCUT2D eigenvalue weighted by atomic mass is 10.2. The maximum atomic E-state index is 12.7. The monoisotopic (exact) mass is 428 g/mol. The lowest BCUT2D eigenvalue weighted by Gasteiger charge is -2.12. The van der Waals surface area contributed by atoms with Gasteiger partial charge in [0.2, 0.25) is 5.88 Å². The summed E-state index contributed by atoms with van der Waals surface area (Å²) in [7, 11) is 0. The molecule has 0 fully saturated rings. The van der Waals surface area contributed by atoms with Crippen molar-refractivity contribution in [3.8, 4) is 11.6 Å². The first-order valence-corrected chi connectivity index (χ1v) is 10.6. The molecule has 0 radical (unpaired) electrons. The third kappa shape index (κ3) is 5.40. The van der Waals surface area contributed by atoms with Crippen LogP contribution in [0.1, 0.15) is 15.9 Å². The van der Waals surface area contributed by atoms with E-state index in [0.29, 0.717) is 28.6 Å². The second-order valence-corrected chi connectivity index (χ2v) is 7.63. The summed E-state index contributed by atoms with van der Waals surface area (Å²) in [5.41, 5.74) is 8.85. The minimum absolute atomic E-state index is 0.239. The molecule has 0 saturated heterocycles. The summed E-state index contributed by atoms with van der Waals surface area (Å²) in [4.78, 5) is 22.0. The number of carbonyl (C=O) groups is 1. The molecular weight excluding hydrogens is 408 g/mol. The molecule has 31 heavy (non-hydrogen) atoms. The van der Waals surface area contributed by atoms with Crippen molar-refractivity contribution in [2.75, 3.05) is 11.1 Å². The zero-order valence-corrected chi connectivity index (χ0v) is 17.4. The van der Waals surface area contributed by atoms with Crippen LogP contribution in [-0.4, -0.2) is 15.9 Å². The molecule has 7 heteroatoms. The van der Waals surface area contributed by atoms with E-state index in [9.17, 15) is 4.79 Å². The highest BCUT2D eigenvalue weighted by molar-refractivity contribution is 7.98. The van der Waals surface area contributed by atoms with Crippen molar-refractivity contribution in [1.29, 1.82) is 0 Å². The molecular formula is C24H20N4O2S. The van der Waals surface area contributed by atoms with Crippen LogP contribution in [0.15, 0.2) is 96.3 Å². The maximum absolute atomic E-state index is 12.7. The maximum Gasteiger partial charge on any atom is 0.257 e. The number of pyridine rings is 2. The van der Waals surface area contributed by atoms with Crippen molar-refractivity contribution in [3.63, 3.8) is 0 Å². The number of para-hydroxylation sites is 2. The number of rotatable bonds is 7. The molecule has 2 aromatic heterocycles. The Kier molecular flexibility index (Phi) is 6.44. The zero-order valence-electron chi connectivity index (χ0n) is 16.6. The molecule has 6 nitrogen and oxygen atoms in total. The molecule has 2 heterocycles. The molecule has 3 N–H and O–H groups in total. The quantitative estimate of drug-likeness (QED) is 0.383. The number of thioether (sulfide) groups is 1. The summed E-state index contributed by atoms with van der Waals surface area (Å²) < 4.78 is 5.67. The van der Waals surface area contributed by atoms with Crippen LogP contribution in [-0.2, 0) is 5.75 Å². The minimum atomic E-state index is -0.239. The van der Waals surface area contributed by atoms with E-state index in [0.717, 1.165) is 16.1 Å². The van der Waals surface area contributed by atoms with Gasteiger partial charge in [0.25, 0.3) is 5.91 Å². The number of carbonyl (C=O) groups excluding carboxylic acids is 1. The molecule has 0 bridgehead atoms. The number of nitrogens with two attached hydrogens (primary N) is 1. The van der Waals surface area contributed by atoms with E-state index in [1.807, 2.05) is 54.6 Å². The summed E-state index contributed by atoms with van der Waals surface area (Å²) in [5.74, 6) is 1.52. The Morgan fingerprint density at radius 2 is 1.77 bits per heavy atom. The van der Waals surface area contributed by atoms with E-state index in [1.165, 1.54) is 6.20 Å². The van der Waals surface area contributed by atoms with Crippen LogP contribution in [0, 0.1) is 0 Å². The Balaban J connectivity index is 1.42. The van der Waals surface area contributed by atoms with Crippen LogP contribution in [0.5, 0.6) is 11.6 Å². The predicted octanol–water partition coefficient (Wildman–Crippen LogP) is 5.40. The van der Waals surface area contributed by atoms with E-state index < -0.39 is 0 Å².